The molecule has 0 aromatic carbocycles. The van der Waals surface area contributed by atoms with E-state index in [2.05, 4.69) is 20.8 Å². The van der Waals surface area contributed by atoms with Gasteiger partial charge in [-0.05, 0) is 12.8 Å². The molecule has 19 heavy (non-hydrogen) atoms. The van der Waals surface area contributed by atoms with Crippen molar-refractivity contribution in [1.82, 2.24) is 0 Å². The zero-order chi connectivity index (χ0) is 13.0. The number of rotatable bonds is 7. The molecular weight excluding hydrogens is 277 g/mol. The van der Waals surface area contributed by atoms with Crippen LogP contribution in [0.4, 0.5) is 0 Å². The second-order valence-corrected chi connectivity index (χ2v) is 3.66. The SMILES string of the molecule is O=C([O-])CCC(=O)[O-].[CH2-]C(CC)CCCC.[Na+].[Na+].[Na+]. The number of hydrogen-bond acceptors (Lipinski definition) is 4. The summed E-state index contributed by atoms with van der Waals surface area (Å²) in [6.07, 6.45) is 4.27. The normalized spacial score (nSPS) is 9.42. The molecule has 1 unspecified atom stereocenters. The maximum absolute atomic E-state index is 9.50. The van der Waals surface area contributed by atoms with Crippen molar-refractivity contribution in [2.45, 2.75) is 52.4 Å². The zero-order valence-corrected chi connectivity index (χ0v) is 19.2. The molecule has 1 atom stereocenters. The Balaban J connectivity index is -0.0000000594. The predicted octanol–water partition coefficient (Wildman–Crippen LogP) is -8.68. The van der Waals surface area contributed by atoms with Crippen molar-refractivity contribution in [1.29, 1.82) is 0 Å². The van der Waals surface area contributed by atoms with E-state index in [0.717, 1.165) is 0 Å². The molecule has 0 radical (unpaired) electrons. The zero-order valence-electron chi connectivity index (χ0n) is 13.2. The molecule has 0 spiro atoms. The Bertz CT molecular complexity index is 187. The van der Waals surface area contributed by atoms with Crippen LogP contribution >= 0.6 is 0 Å². The second-order valence-electron chi connectivity index (χ2n) is 3.66. The summed E-state index contributed by atoms with van der Waals surface area (Å²) in [5, 5.41) is 19.0. The van der Waals surface area contributed by atoms with Crippen LogP contribution in [0.3, 0.4) is 0 Å². The van der Waals surface area contributed by atoms with Crippen LogP contribution in [-0.2, 0) is 9.59 Å². The van der Waals surface area contributed by atoms with Crippen LogP contribution < -0.4 is 98.9 Å². The number of aliphatic carboxylic acids is 2. The van der Waals surface area contributed by atoms with Gasteiger partial charge < -0.3 is 26.7 Å². The molecule has 0 heterocycles. The van der Waals surface area contributed by atoms with Gasteiger partial charge in [0.2, 0.25) is 0 Å². The fourth-order valence-electron chi connectivity index (χ4n) is 0.901. The summed E-state index contributed by atoms with van der Waals surface area (Å²) >= 11 is 0. The van der Waals surface area contributed by atoms with E-state index in [0.29, 0.717) is 5.92 Å². The van der Waals surface area contributed by atoms with E-state index in [9.17, 15) is 19.8 Å². The first-order valence-corrected chi connectivity index (χ1v) is 5.66. The topological polar surface area (TPSA) is 80.3 Å². The van der Waals surface area contributed by atoms with Gasteiger partial charge in [0.1, 0.15) is 0 Å². The first-order valence-electron chi connectivity index (χ1n) is 5.66. The van der Waals surface area contributed by atoms with Crippen LogP contribution in [-0.4, -0.2) is 11.9 Å². The van der Waals surface area contributed by atoms with Crippen LogP contribution in [0.2, 0.25) is 0 Å². The molecule has 0 aliphatic carbocycles. The number of carboxylic acids is 2. The fourth-order valence-corrected chi connectivity index (χ4v) is 0.901. The smallest absolute Gasteiger partial charge is 0.550 e. The Kier molecular flexibility index (Phi) is 43.0. The van der Waals surface area contributed by atoms with E-state index in [1.54, 1.807) is 0 Å². The van der Waals surface area contributed by atoms with Gasteiger partial charge in [-0.1, -0.05) is 39.5 Å². The van der Waals surface area contributed by atoms with Crippen molar-refractivity contribution < 1.29 is 108 Å². The molecule has 0 aromatic heterocycles. The van der Waals surface area contributed by atoms with Gasteiger partial charge in [0, 0.05) is 11.9 Å². The molecule has 0 N–H and O–H groups in total. The van der Waals surface area contributed by atoms with E-state index in [1.807, 2.05) is 0 Å². The quantitative estimate of drug-likeness (QED) is 0.345. The Labute approximate surface area is 183 Å². The molecule has 7 heteroatoms. The van der Waals surface area contributed by atoms with Gasteiger partial charge in [0.15, 0.2) is 0 Å². The number of carbonyl (C=O) groups is 2. The van der Waals surface area contributed by atoms with Crippen LogP contribution in [0.5, 0.6) is 0 Å². The molecule has 0 saturated heterocycles. The van der Waals surface area contributed by atoms with Crippen molar-refractivity contribution in [3.05, 3.63) is 6.92 Å². The predicted molar refractivity (Wildman–Crippen MR) is 57.9 cm³/mol. The van der Waals surface area contributed by atoms with Gasteiger partial charge >= 0.3 is 88.7 Å². The molecule has 0 rings (SSSR count). The number of hydrogen-bond donors (Lipinski definition) is 0. The van der Waals surface area contributed by atoms with Gasteiger partial charge in [-0.3, -0.25) is 0 Å². The van der Waals surface area contributed by atoms with Crippen molar-refractivity contribution in [3.8, 4) is 0 Å². The van der Waals surface area contributed by atoms with Crippen molar-refractivity contribution in [2.75, 3.05) is 0 Å². The monoisotopic (exact) mass is 298 g/mol. The maximum Gasteiger partial charge on any atom is 1.00 e. The average molecular weight is 298 g/mol. The number of unbranched alkanes of at least 4 members (excludes halogenated alkanes) is 1. The minimum Gasteiger partial charge on any atom is -0.550 e. The largest absolute Gasteiger partial charge is 1.00 e. The van der Waals surface area contributed by atoms with Crippen molar-refractivity contribution in [2.24, 2.45) is 5.92 Å². The molecule has 4 nitrogen and oxygen atoms in total. The molecule has 0 aliphatic rings. The minimum atomic E-state index is -1.37. The van der Waals surface area contributed by atoms with E-state index in [1.165, 1.54) is 25.7 Å². The second kappa shape index (κ2) is 24.9. The minimum absolute atomic E-state index is 0. The summed E-state index contributed by atoms with van der Waals surface area (Å²) in [7, 11) is 0. The standard InChI is InChI=1S/C8H17.C4H6O4.3Na/c1-4-6-7-8(3)5-2;5-3(6)1-2-4(7)8;;;/h8H,3-7H2,1-2H3;1-2H2,(H,5,6)(H,7,8);;;/q-1;;3*+1/p-2. The van der Waals surface area contributed by atoms with Crippen LogP contribution in [0, 0.1) is 12.8 Å². The summed E-state index contributed by atoms with van der Waals surface area (Å²) in [6.45, 7) is 8.42. The van der Waals surface area contributed by atoms with E-state index in [-0.39, 0.29) is 88.7 Å². The first-order chi connectivity index (χ1) is 7.43. The summed E-state index contributed by atoms with van der Waals surface area (Å²) in [5.41, 5.74) is 0. The number of carboxylic acid groups (broad SMARTS) is 2. The first kappa shape index (κ1) is 32.8. The Hall–Kier alpha value is 1.94. The molecule has 0 bridgehead atoms. The number of carbonyl (C=O) groups excluding carboxylic acids is 2. The van der Waals surface area contributed by atoms with Crippen molar-refractivity contribution >= 4 is 11.9 Å². The Morgan fingerprint density at radius 2 is 1.37 bits per heavy atom. The molecular formula is C12H21Na3O4. The van der Waals surface area contributed by atoms with E-state index in [4.69, 9.17) is 0 Å². The average Bonchev–Trinajstić information content (AvgIpc) is 2.23. The third kappa shape index (κ3) is 38.3. The molecule has 0 saturated carbocycles. The van der Waals surface area contributed by atoms with Crippen LogP contribution in [0.25, 0.3) is 0 Å². The summed E-state index contributed by atoms with van der Waals surface area (Å²) < 4.78 is 0. The van der Waals surface area contributed by atoms with Gasteiger partial charge in [-0.15, -0.1) is 0 Å². The van der Waals surface area contributed by atoms with Crippen LogP contribution in [0.1, 0.15) is 52.4 Å². The van der Waals surface area contributed by atoms with E-state index >= 15 is 0 Å². The molecule has 0 aliphatic heterocycles. The third-order valence-corrected chi connectivity index (χ3v) is 2.08. The molecule has 0 fully saturated rings. The van der Waals surface area contributed by atoms with Gasteiger partial charge in [-0.2, -0.15) is 5.92 Å². The molecule has 0 amide bonds. The fraction of sp³-hybridized carbons (Fsp3) is 0.750. The summed E-state index contributed by atoms with van der Waals surface area (Å²) in [5.74, 6) is -2.03. The Morgan fingerprint density at radius 3 is 1.58 bits per heavy atom. The summed E-state index contributed by atoms with van der Waals surface area (Å²) in [6, 6.07) is 0. The maximum atomic E-state index is 9.50. The Morgan fingerprint density at radius 1 is 1.00 bits per heavy atom. The van der Waals surface area contributed by atoms with Gasteiger partial charge in [0.05, 0.1) is 0 Å². The molecule has 96 valence electrons. The van der Waals surface area contributed by atoms with Crippen LogP contribution in [0.15, 0.2) is 0 Å². The van der Waals surface area contributed by atoms with Gasteiger partial charge in [-0.25, -0.2) is 0 Å². The van der Waals surface area contributed by atoms with Gasteiger partial charge in [0.25, 0.3) is 0 Å². The molecule has 0 aromatic rings. The summed E-state index contributed by atoms with van der Waals surface area (Å²) in [4.78, 5) is 19.0. The van der Waals surface area contributed by atoms with Crippen molar-refractivity contribution in [3.63, 3.8) is 0 Å². The third-order valence-electron chi connectivity index (χ3n) is 2.08. The van der Waals surface area contributed by atoms with E-state index < -0.39 is 24.8 Å².